The molecular weight excluding hydrogens is 424 g/mol. The van der Waals surface area contributed by atoms with E-state index in [9.17, 15) is 8.42 Å². The number of halogens is 1. The summed E-state index contributed by atoms with van der Waals surface area (Å²) in [6, 6.07) is 14.7. The van der Waals surface area contributed by atoms with Gasteiger partial charge < -0.3 is 14.2 Å². The van der Waals surface area contributed by atoms with Crippen LogP contribution < -0.4 is 9.21 Å². The zero-order chi connectivity index (χ0) is 21.1. The number of imidazole rings is 1. The van der Waals surface area contributed by atoms with Crippen LogP contribution in [0.25, 0.3) is 0 Å². The lowest BCUT2D eigenvalue weighted by Crippen LogP contribution is -2.36. The summed E-state index contributed by atoms with van der Waals surface area (Å²) in [5, 5.41) is 0.614. The highest BCUT2D eigenvalue weighted by Gasteiger charge is 2.28. The fraction of sp³-hybridized carbons (Fsp3) is 0.286. The Morgan fingerprint density at radius 3 is 2.53 bits per heavy atom. The van der Waals surface area contributed by atoms with Gasteiger partial charge in [-0.2, -0.15) is 8.42 Å². The van der Waals surface area contributed by atoms with E-state index in [1.165, 1.54) is 16.8 Å². The Morgan fingerprint density at radius 1 is 1.13 bits per heavy atom. The molecule has 1 aliphatic rings. The standard InChI is InChI=1S/C21H23ClN4O3S/c1-24-15-21(23-16-24)30(27,28)26(14-17-5-7-18(22)8-6-17)20-4-2-3-19(13-20)25-9-11-29-12-10-25/h2-8,13,15-16H,9-12,14H2,1H3. The first-order chi connectivity index (χ1) is 14.4. The number of benzene rings is 2. The van der Waals surface area contributed by atoms with Gasteiger partial charge in [0.25, 0.3) is 10.0 Å². The molecule has 1 aromatic heterocycles. The first kappa shape index (κ1) is 20.7. The maximum Gasteiger partial charge on any atom is 0.283 e. The topological polar surface area (TPSA) is 67.7 Å². The van der Waals surface area contributed by atoms with Gasteiger partial charge in [0.15, 0.2) is 5.03 Å². The van der Waals surface area contributed by atoms with Crippen LogP contribution in [-0.4, -0.2) is 44.3 Å². The van der Waals surface area contributed by atoms with Crippen molar-refractivity contribution in [1.82, 2.24) is 9.55 Å². The Kier molecular flexibility index (Phi) is 5.99. The molecule has 1 saturated heterocycles. The summed E-state index contributed by atoms with van der Waals surface area (Å²) in [6.45, 7) is 3.03. The van der Waals surface area contributed by atoms with Gasteiger partial charge in [-0.15, -0.1) is 0 Å². The Bertz CT molecular complexity index is 1110. The smallest absolute Gasteiger partial charge is 0.283 e. The number of hydrogen-bond donors (Lipinski definition) is 0. The van der Waals surface area contributed by atoms with Crippen LogP contribution in [-0.2, 0) is 28.4 Å². The van der Waals surface area contributed by atoms with Gasteiger partial charge in [-0.1, -0.05) is 29.8 Å². The molecule has 7 nitrogen and oxygen atoms in total. The highest BCUT2D eigenvalue weighted by molar-refractivity contribution is 7.92. The number of aromatic nitrogens is 2. The molecule has 4 rings (SSSR count). The molecule has 2 heterocycles. The number of hydrogen-bond acceptors (Lipinski definition) is 5. The highest BCUT2D eigenvalue weighted by atomic mass is 35.5. The van der Waals surface area contributed by atoms with Crippen molar-refractivity contribution in [1.29, 1.82) is 0 Å². The van der Waals surface area contributed by atoms with Crippen molar-refractivity contribution in [3.05, 3.63) is 71.6 Å². The van der Waals surface area contributed by atoms with E-state index in [2.05, 4.69) is 9.88 Å². The van der Waals surface area contributed by atoms with Gasteiger partial charge >= 0.3 is 0 Å². The van der Waals surface area contributed by atoms with Gasteiger partial charge in [-0.3, -0.25) is 4.31 Å². The second kappa shape index (κ2) is 8.67. The molecule has 0 atom stereocenters. The van der Waals surface area contributed by atoms with Crippen molar-refractivity contribution in [3.8, 4) is 0 Å². The van der Waals surface area contributed by atoms with Crippen LogP contribution in [0.5, 0.6) is 0 Å². The molecule has 30 heavy (non-hydrogen) atoms. The minimum atomic E-state index is -3.86. The van der Waals surface area contributed by atoms with Gasteiger partial charge in [0.2, 0.25) is 0 Å². The summed E-state index contributed by atoms with van der Waals surface area (Å²) >= 11 is 6.00. The first-order valence-electron chi connectivity index (χ1n) is 9.61. The summed E-state index contributed by atoms with van der Waals surface area (Å²) in [5.74, 6) is 0. The fourth-order valence-electron chi connectivity index (χ4n) is 3.37. The fourth-order valence-corrected chi connectivity index (χ4v) is 4.91. The monoisotopic (exact) mass is 446 g/mol. The number of ether oxygens (including phenoxy) is 1. The summed E-state index contributed by atoms with van der Waals surface area (Å²) in [6.07, 6.45) is 2.99. The number of nitrogens with zero attached hydrogens (tertiary/aromatic N) is 4. The van der Waals surface area contributed by atoms with E-state index in [1.807, 2.05) is 30.3 Å². The summed E-state index contributed by atoms with van der Waals surface area (Å²) in [5.41, 5.74) is 2.38. The maximum atomic E-state index is 13.5. The van der Waals surface area contributed by atoms with E-state index < -0.39 is 10.0 Å². The summed E-state index contributed by atoms with van der Waals surface area (Å²) in [4.78, 5) is 6.28. The number of morpholine rings is 1. The lowest BCUT2D eigenvalue weighted by atomic mass is 10.2. The van der Waals surface area contributed by atoms with Gasteiger partial charge in [0, 0.05) is 37.0 Å². The number of sulfonamides is 1. The predicted octanol–water partition coefficient (Wildman–Crippen LogP) is 3.31. The lowest BCUT2D eigenvalue weighted by molar-refractivity contribution is 0.122. The Labute approximate surface area is 181 Å². The van der Waals surface area contributed by atoms with E-state index in [0.717, 1.165) is 24.3 Å². The molecule has 0 aliphatic carbocycles. The van der Waals surface area contributed by atoms with Crippen LogP contribution >= 0.6 is 11.6 Å². The van der Waals surface area contributed by atoms with Crippen LogP contribution in [0, 0.1) is 0 Å². The lowest BCUT2D eigenvalue weighted by Gasteiger charge is -2.30. The second-order valence-electron chi connectivity index (χ2n) is 7.13. The predicted molar refractivity (Wildman–Crippen MR) is 118 cm³/mol. The minimum Gasteiger partial charge on any atom is -0.378 e. The van der Waals surface area contributed by atoms with Gasteiger partial charge in [0.05, 0.1) is 31.8 Å². The Balaban J connectivity index is 1.74. The molecule has 0 saturated carbocycles. The number of rotatable bonds is 6. The molecule has 0 N–H and O–H groups in total. The molecule has 0 amide bonds. The Hall–Kier alpha value is -2.55. The van der Waals surface area contributed by atoms with Crippen LogP contribution in [0.1, 0.15) is 5.56 Å². The molecule has 3 aromatic rings. The average Bonchev–Trinajstić information content (AvgIpc) is 3.21. The minimum absolute atomic E-state index is 0.00994. The van der Waals surface area contributed by atoms with Crippen LogP contribution in [0.2, 0.25) is 5.02 Å². The van der Waals surface area contributed by atoms with E-state index in [0.29, 0.717) is 23.9 Å². The molecule has 2 aromatic carbocycles. The SMILES string of the molecule is Cn1cnc(S(=O)(=O)N(Cc2ccc(Cl)cc2)c2cccc(N3CCOCC3)c2)c1. The van der Waals surface area contributed by atoms with Crippen LogP contribution in [0.3, 0.4) is 0 Å². The number of anilines is 2. The third-order valence-electron chi connectivity index (χ3n) is 4.97. The van der Waals surface area contributed by atoms with E-state index in [4.69, 9.17) is 16.3 Å². The van der Waals surface area contributed by atoms with Gasteiger partial charge in [-0.05, 0) is 35.9 Å². The molecule has 0 unspecified atom stereocenters. The van der Waals surface area contributed by atoms with Gasteiger partial charge in [0.1, 0.15) is 0 Å². The maximum absolute atomic E-state index is 13.5. The van der Waals surface area contributed by atoms with E-state index >= 15 is 0 Å². The van der Waals surface area contributed by atoms with Crippen molar-refractivity contribution in [2.24, 2.45) is 7.05 Å². The van der Waals surface area contributed by atoms with Crippen molar-refractivity contribution < 1.29 is 13.2 Å². The van der Waals surface area contributed by atoms with Crippen molar-refractivity contribution in [3.63, 3.8) is 0 Å². The third kappa shape index (κ3) is 4.45. The molecule has 0 spiro atoms. The zero-order valence-corrected chi connectivity index (χ0v) is 18.2. The third-order valence-corrected chi connectivity index (χ3v) is 6.88. The second-order valence-corrected chi connectivity index (χ2v) is 9.38. The van der Waals surface area contributed by atoms with Crippen LogP contribution in [0.15, 0.2) is 66.1 Å². The van der Waals surface area contributed by atoms with Crippen molar-refractivity contribution in [2.45, 2.75) is 11.6 Å². The first-order valence-corrected chi connectivity index (χ1v) is 11.4. The number of aryl methyl sites for hydroxylation is 1. The van der Waals surface area contributed by atoms with Crippen molar-refractivity contribution >= 4 is 33.0 Å². The molecule has 1 aliphatic heterocycles. The van der Waals surface area contributed by atoms with E-state index in [1.54, 1.807) is 29.8 Å². The normalized spacial score (nSPS) is 14.7. The average molecular weight is 447 g/mol. The summed E-state index contributed by atoms with van der Waals surface area (Å²) < 4.78 is 35.4. The molecule has 1 fully saturated rings. The Morgan fingerprint density at radius 2 is 1.87 bits per heavy atom. The van der Waals surface area contributed by atoms with Gasteiger partial charge in [-0.25, -0.2) is 4.98 Å². The quantitative estimate of drug-likeness (QED) is 0.581. The van der Waals surface area contributed by atoms with Crippen molar-refractivity contribution in [2.75, 3.05) is 35.5 Å². The molecule has 0 radical (unpaired) electrons. The molecule has 158 valence electrons. The molecule has 0 bridgehead atoms. The molecular formula is C21H23ClN4O3S. The van der Waals surface area contributed by atoms with E-state index in [-0.39, 0.29) is 11.6 Å². The summed E-state index contributed by atoms with van der Waals surface area (Å²) in [7, 11) is -2.12. The zero-order valence-electron chi connectivity index (χ0n) is 16.6. The molecule has 9 heteroatoms. The highest BCUT2D eigenvalue weighted by Crippen LogP contribution is 2.29. The largest absolute Gasteiger partial charge is 0.378 e. The van der Waals surface area contributed by atoms with Crippen LogP contribution in [0.4, 0.5) is 11.4 Å².